The van der Waals surface area contributed by atoms with Crippen LogP contribution in [0.2, 0.25) is 0 Å². The lowest BCUT2D eigenvalue weighted by atomic mass is 10.2. The fraction of sp³-hybridized carbons (Fsp3) is 0.778. The lowest BCUT2D eigenvalue weighted by Gasteiger charge is -2.25. The molecule has 1 atom stereocenters. The van der Waals surface area contributed by atoms with Gasteiger partial charge in [-0.25, -0.2) is 0 Å². The predicted molar refractivity (Wildman–Crippen MR) is 51.2 cm³/mol. The van der Waals surface area contributed by atoms with Crippen molar-refractivity contribution in [1.29, 1.82) is 0 Å². The molecule has 1 unspecified atom stereocenters. The van der Waals surface area contributed by atoms with Gasteiger partial charge in [0.05, 0.1) is 6.54 Å². The van der Waals surface area contributed by atoms with Gasteiger partial charge < -0.3 is 10.2 Å². The summed E-state index contributed by atoms with van der Waals surface area (Å²) in [6.45, 7) is 3.92. The molecule has 0 aliphatic rings. The minimum Gasteiger partial charge on any atom is -0.480 e. The van der Waals surface area contributed by atoms with Gasteiger partial charge in [-0.1, -0.05) is 13.8 Å². The average Bonchev–Trinajstić information content (AvgIpc) is 2.03. The van der Waals surface area contributed by atoms with E-state index < -0.39 is 18.0 Å². The van der Waals surface area contributed by atoms with Crippen LogP contribution in [0, 0.1) is 0 Å². The normalized spacial score (nSPS) is 12.8. The molecule has 0 bridgehead atoms. The zero-order chi connectivity index (χ0) is 11.1. The van der Waals surface area contributed by atoms with Crippen molar-refractivity contribution in [3.63, 3.8) is 0 Å². The molecule has 2 N–H and O–H groups in total. The molecule has 14 heavy (non-hydrogen) atoms. The van der Waals surface area contributed by atoms with Crippen molar-refractivity contribution in [3.05, 3.63) is 0 Å². The maximum atomic E-state index is 10.8. The Balaban J connectivity index is 4.42. The summed E-state index contributed by atoms with van der Waals surface area (Å²) in [5.74, 6) is -1.94. The first-order chi connectivity index (χ1) is 6.52. The third-order valence-electron chi connectivity index (χ3n) is 1.96. The molecule has 0 amide bonds. The highest BCUT2D eigenvalue weighted by Gasteiger charge is 2.24. The third kappa shape index (κ3) is 4.23. The molecule has 0 aromatic carbocycles. The van der Waals surface area contributed by atoms with E-state index in [1.165, 1.54) is 4.90 Å². The van der Waals surface area contributed by atoms with Gasteiger partial charge in [-0.15, -0.1) is 0 Å². The van der Waals surface area contributed by atoms with Crippen LogP contribution in [0.3, 0.4) is 0 Å². The van der Waals surface area contributed by atoms with Crippen LogP contribution in [0.5, 0.6) is 0 Å². The van der Waals surface area contributed by atoms with Crippen LogP contribution in [-0.2, 0) is 9.59 Å². The van der Waals surface area contributed by atoms with Gasteiger partial charge in [0.15, 0.2) is 0 Å². The van der Waals surface area contributed by atoms with E-state index >= 15 is 0 Å². The number of carboxylic acids is 2. The van der Waals surface area contributed by atoms with Gasteiger partial charge in [0.1, 0.15) is 6.04 Å². The summed E-state index contributed by atoms with van der Waals surface area (Å²) < 4.78 is 0. The monoisotopic (exact) mass is 203 g/mol. The van der Waals surface area contributed by atoms with Crippen LogP contribution in [0.1, 0.15) is 26.7 Å². The van der Waals surface area contributed by atoms with Crippen LogP contribution in [0.4, 0.5) is 0 Å². The standard InChI is InChI=1S/C9H17NO4/c1-3-5-10(6-8(11)12)7(4-2)9(13)14/h7H,3-6H2,1-2H3,(H,11,12)(H,13,14). The van der Waals surface area contributed by atoms with Gasteiger partial charge in [-0.3, -0.25) is 14.5 Å². The van der Waals surface area contributed by atoms with E-state index in [2.05, 4.69) is 0 Å². The number of carboxylic acid groups (broad SMARTS) is 2. The van der Waals surface area contributed by atoms with E-state index in [1.807, 2.05) is 6.92 Å². The Kier molecular flexibility index (Phi) is 5.87. The van der Waals surface area contributed by atoms with Crippen molar-refractivity contribution in [1.82, 2.24) is 4.90 Å². The van der Waals surface area contributed by atoms with Gasteiger partial charge in [0, 0.05) is 0 Å². The molecule has 0 radical (unpaired) electrons. The van der Waals surface area contributed by atoms with E-state index in [0.29, 0.717) is 13.0 Å². The number of hydrogen-bond acceptors (Lipinski definition) is 3. The lowest BCUT2D eigenvalue weighted by molar-refractivity contribution is -0.146. The summed E-state index contributed by atoms with van der Waals surface area (Å²) in [6, 6.07) is -0.689. The Morgan fingerprint density at radius 1 is 1.29 bits per heavy atom. The fourth-order valence-electron chi connectivity index (χ4n) is 1.40. The highest BCUT2D eigenvalue weighted by Crippen LogP contribution is 2.05. The first-order valence-electron chi connectivity index (χ1n) is 4.71. The van der Waals surface area contributed by atoms with E-state index in [0.717, 1.165) is 6.42 Å². The number of nitrogens with zero attached hydrogens (tertiary/aromatic N) is 1. The molecule has 0 aliphatic carbocycles. The maximum Gasteiger partial charge on any atom is 0.320 e. The molecule has 0 heterocycles. The SMILES string of the molecule is CCCN(CC(=O)O)C(CC)C(=O)O. The second kappa shape index (κ2) is 6.37. The quantitative estimate of drug-likeness (QED) is 0.635. The van der Waals surface area contributed by atoms with Crippen molar-refractivity contribution < 1.29 is 19.8 Å². The fourth-order valence-corrected chi connectivity index (χ4v) is 1.40. The van der Waals surface area contributed by atoms with Crippen molar-refractivity contribution in [3.8, 4) is 0 Å². The molecular formula is C9H17NO4. The first-order valence-corrected chi connectivity index (χ1v) is 4.71. The molecule has 0 aromatic rings. The molecule has 0 aromatic heterocycles. The van der Waals surface area contributed by atoms with Crippen molar-refractivity contribution in [2.24, 2.45) is 0 Å². The van der Waals surface area contributed by atoms with Crippen LogP contribution >= 0.6 is 0 Å². The first kappa shape index (κ1) is 12.9. The van der Waals surface area contributed by atoms with E-state index in [-0.39, 0.29) is 6.54 Å². The van der Waals surface area contributed by atoms with Crippen molar-refractivity contribution in [2.75, 3.05) is 13.1 Å². The second-order valence-corrected chi connectivity index (χ2v) is 3.13. The van der Waals surface area contributed by atoms with E-state index in [4.69, 9.17) is 10.2 Å². The summed E-state index contributed by atoms with van der Waals surface area (Å²) >= 11 is 0. The van der Waals surface area contributed by atoms with Crippen LogP contribution < -0.4 is 0 Å². The van der Waals surface area contributed by atoms with Crippen LogP contribution in [0.15, 0.2) is 0 Å². The molecule has 5 heteroatoms. The molecule has 5 nitrogen and oxygen atoms in total. The van der Waals surface area contributed by atoms with Crippen LogP contribution in [-0.4, -0.2) is 46.2 Å². The molecule has 0 saturated carbocycles. The minimum absolute atomic E-state index is 0.210. The van der Waals surface area contributed by atoms with Gasteiger partial charge in [0.2, 0.25) is 0 Å². The Bertz CT molecular complexity index is 205. The highest BCUT2D eigenvalue weighted by molar-refractivity contribution is 5.75. The highest BCUT2D eigenvalue weighted by atomic mass is 16.4. The molecule has 0 spiro atoms. The van der Waals surface area contributed by atoms with Crippen LogP contribution in [0.25, 0.3) is 0 Å². The van der Waals surface area contributed by atoms with E-state index in [9.17, 15) is 9.59 Å². The summed E-state index contributed by atoms with van der Waals surface area (Å²) in [6.07, 6.45) is 1.17. The summed E-state index contributed by atoms with van der Waals surface area (Å²) in [4.78, 5) is 22.8. The average molecular weight is 203 g/mol. The Morgan fingerprint density at radius 3 is 2.14 bits per heavy atom. The van der Waals surface area contributed by atoms with Gasteiger partial charge in [-0.2, -0.15) is 0 Å². The Morgan fingerprint density at radius 2 is 1.86 bits per heavy atom. The van der Waals surface area contributed by atoms with Gasteiger partial charge in [-0.05, 0) is 19.4 Å². The molecule has 0 rings (SSSR count). The number of carbonyl (C=O) groups is 2. The Labute approximate surface area is 83.3 Å². The van der Waals surface area contributed by atoms with Gasteiger partial charge in [0.25, 0.3) is 0 Å². The third-order valence-corrected chi connectivity index (χ3v) is 1.96. The topological polar surface area (TPSA) is 77.8 Å². The number of hydrogen-bond donors (Lipinski definition) is 2. The molecule has 0 aliphatic heterocycles. The number of rotatable bonds is 7. The van der Waals surface area contributed by atoms with Crippen molar-refractivity contribution in [2.45, 2.75) is 32.7 Å². The van der Waals surface area contributed by atoms with Gasteiger partial charge >= 0.3 is 11.9 Å². The number of aliphatic carboxylic acids is 2. The van der Waals surface area contributed by atoms with E-state index in [1.54, 1.807) is 6.92 Å². The zero-order valence-corrected chi connectivity index (χ0v) is 8.56. The molecule has 0 fully saturated rings. The zero-order valence-electron chi connectivity index (χ0n) is 8.56. The smallest absolute Gasteiger partial charge is 0.320 e. The lowest BCUT2D eigenvalue weighted by Crippen LogP contribution is -2.44. The Hall–Kier alpha value is -1.10. The molecule has 82 valence electrons. The second-order valence-electron chi connectivity index (χ2n) is 3.13. The summed E-state index contributed by atoms with van der Waals surface area (Å²) in [5.41, 5.74) is 0. The maximum absolute atomic E-state index is 10.8. The van der Waals surface area contributed by atoms with Crippen molar-refractivity contribution >= 4 is 11.9 Å². The predicted octanol–water partition coefficient (Wildman–Crippen LogP) is 0.646. The molecule has 0 saturated heterocycles. The summed E-state index contributed by atoms with van der Waals surface area (Å²) in [7, 11) is 0. The summed E-state index contributed by atoms with van der Waals surface area (Å²) in [5, 5.41) is 17.5. The largest absolute Gasteiger partial charge is 0.480 e. The minimum atomic E-state index is -0.988. The molecular weight excluding hydrogens is 186 g/mol.